The maximum absolute atomic E-state index is 12.4. The van der Waals surface area contributed by atoms with E-state index in [1.165, 1.54) is 14.2 Å². The number of aromatic carboxylic acids is 1. The van der Waals surface area contributed by atoms with E-state index < -0.39 is 12.2 Å². The van der Waals surface area contributed by atoms with Crippen LogP contribution in [0.4, 0.5) is 0 Å². The second-order valence-electron chi connectivity index (χ2n) is 8.44. The molecule has 0 amide bonds. The van der Waals surface area contributed by atoms with Crippen molar-refractivity contribution in [3.05, 3.63) is 75.3 Å². The van der Waals surface area contributed by atoms with Crippen LogP contribution in [0.1, 0.15) is 45.7 Å². The Morgan fingerprint density at radius 1 is 1.03 bits per heavy atom. The molecule has 0 unspecified atom stereocenters. The summed E-state index contributed by atoms with van der Waals surface area (Å²) in [7, 11) is 2.88. The molecule has 184 valence electrons. The van der Waals surface area contributed by atoms with Crippen LogP contribution >= 0.6 is 15.9 Å². The SMILES string of the molecule is COc1ccc([C@H]2Oc3ccc(Br)cc3[C@@H]3CC(c4ccc5c(c4)OCO5)=NN23)c(C(=O)O)c1OC. The van der Waals surface area contributed by atoms with E-state index in [-0.39, 0.29) is 24.1 Å². The smallest absolute Gasteiger partial charge is 0.340 e. The van der Waals surface area contributed by atoms with E-state index in [0.717, 1.165) is 21.3 Å². The summed E-state index contributed by atoms with van der Waals surface area (Å²) in [6.07, 6.45) is -0.209. The predicted molar refractivity (Wildman–Crippen MR) is 132 cm³/mol. The summed E-state index contributed by atoms with van der Waals surface area (Å²) in [5.41, 5.74) is 3.06. The van der Waals surface area contributed by atoms with Crippen molar-refractivity contribution >= 4 is 27.6 Å². The van der Waals surface area contributed by atoms with Crippen molar-refractivity contribution in [3.8, 4) is 28.7 Å². The summed E-state index contributed by atoms with van der Waals surface area (Å²) in [5.74, 6) is 1.33. The lowest BCUT2D eigenvalue weighted by atomic mass is 9.95. The maximum atomic E-state index is 12.4. The molecule has 6 rings (SSSR count). The van der Waals surface area contributed by atoms with E-state index >= 15 is 0 Å². The number of carbonyl (C=O) groups is 1. The molecule has 0 aromatic heterocycles. The van der Waals surface area contributed by atoms with Crippen LogP contribution in [0.25, 0.3) is 0 Å². The Morgan fingerprint density at radius 2 is 1.83 bits per heavy atom. The zero-order valence-corrected chi connectivity index (χ0v) is 20.9. The van der Waals surface area contributed by atoms with Crippen molar-refractivity contribution in [1.29, 1.82) is 0 Å². The summed E-state index contributed by atoms with van der Waals surface area (Å²) in [4.78, 5) is 12.4. The molecule has 3 heterocycles. The zero-order valence-electron chi connectivity index (χ0n) is 19.4. The molecule has 36 heavy (non-hydrogen) atoms. The molecule has 0 saturated carbocycles. The number of carboxylic acid groups (broad SMARTS) is 1. The fourth-order valence-electron chi connectivity index (χ4n) is 4.88. The highest BCUT2D eigenvalue weighted by molar-refractivity contribution is 9.10. The van der Waals surface area contributed by atoms with Gasteiger partial charge in [-0.05, 0) is 48.5 Å². The topological polar surface area (TPSA) is 99.1 Å². The number of fused-ring (bicyclic) bond motifs is 4. The summed E-state index contributed by atoms with van der Waals surface area (Å²) in [5, 5.41) is 16.9. The van der Waals surface area contributed by atoms with Crippen LogP contribution in [0, 0.1) is 0 Å². The Kier molecular flexibility index (Phi) is 5.40. The van der Waals surface area contributed by atoms with E-state index in [1.54, 1.807) is 12.1 Å². The monoisotopic (exact) mass is 552 g/mol. The van der Waals surface area contributed by atoms with Gasteiger partial charge in [0.25, 0.3) is 0 Å². The number of rotatable bonds is 5. The second-order valence-corrected chi connectivity index (χ2v) is 9.35. The third kappa shape index (κ3) is 3.51. The van der Waals surface area contributed by atoms with Gasteiger partial charge in [0, 0.05) is 27.6 Å². The number of hydrazone groups is 1. The maximum Gasteiger partial charge on any atom is 0.340 e. The fourth-order valence-corrected chi connectivity index (χ4v) is 5.26. The highest BCUT2D eigenvalue weighted by Gasteiger charge is 2.43. The number of hydrogen-bond acceptors (Lipinski definition) is 8. The lowest BCUT2D eigenvalue weighted by Gasteiger charge is -2.38. The molecule has 0 aliphatic carbocycles. The normalized spacial score (nSPS) is 19.2. The molecule has 3 aliphatic heterocycles. The fraction of sp³-hybridized carbons (Fsp3) is 0.231. The number of hydrogen-bond donors (Lipinski definition) is 1. The molecule has 3 aromatic rings. The van der Waals surface area contributed by atoms with Gasteiger partial charge in [-0.15, -0.1) is 0 Å². The highest BCUT2D eigenvalue weighted by Crippen LogP contribution is 2.50. The van der Waals surface area contributed by atoms with Crippen LogP contribution in [0.15, 0.2) is 58.1 Å². The van der Waals surface area contributed by atoms with Gasteiger partial charge in [0.05, 0.1) is 26.0 Å². The van der Waals surface area contributed by atoms with Crippen LogP contribution in [-0.2, 0) is 0 Å². The molecule has 2 atom stereocenters. The first kappa shape index (κ1) is 22.5. The molecule has 3 aromatic carbocycles. The Labute approximate surface area is 214 Å². The molecule has 0 saturated heterocycles. The lowest BCUT2D eigenvalue weighted by molar-refractivity contribution is -0.0199. The van der Waals surface area contributed by atoms with Gasteiger partial charge < -0.3 is 28.8 Å². The minimum Gasteiger partial charge on any atom is -0.493 e. The van der Waals surface area contributed by atoms with E-state index in [1.807, 2.05) is 41.4 Å². The van der Waals surface area contributed by atoms with Crippen LogP contribution in [0.2, 0.25) is 0 Å². The first-order valence-electron chi connectivity index (χ1n) is 11.2. The summed E-state index contributed by atoms with van der Waals surface area (Å²) in [6.45, 7) is 0.189. The van der Waals surface area contributed by atoms with Crippen molar-refractivity contribution in [2.24, 2.45) is 5.10 Å². The highest BCUT2D eigenvalue weighted by atomic mass is 79.9. The minimum atomic E-state index is -1.15. The van der Waals surface area contributed by atoms with Gasteiger partial charge in [0.2, 0.25) is 13.0 Å². The molecule has 10 heteroatoms. The Bertz CT molecular complexity index is 1420. The first-order chi connectivity index (χ1) is 17.5. The number of carboxylic acids is 1. The van der Waals surface area contributed by atoms with Crippen LogP contribution in [0.3, 0.4) is 0 Å². The molecule has 0 fully saturated rings. The third-order valence-corrected chi connectivity index (χ3v) is 7.01. The van der Waals surface area contributed by atoms with E-state index in [0.29, 0.717) is 35.0 Å². The number of ether oxygens (including phenoxy) is 5. The molecule has 0 bridgehead atoms. The van der Waals surface area contributed by atoms with Crippen molar-refractivity contribution < 1.29 is 33.6 Å². The van der Waals surface area contributed by atoms with Gasteiger partial charge in [0.15, 0.2) is 23.0 Å². The Hall–Kier alpha value is -3.92. The second kappa shape index (κ2) is 8.63. The van der Waals surface area contributed by atoms with Gasteiger partial charge >= 0.3 is 5.97 Å². The van der Waals surface area contributed by atoms with Gasteiger partial charge in [0.1, 0.15) is 11.3 Å². The number of benzene rings is 3. The van der Waals surface area contributed by atoms with E-state index in [4.69, 9.17) is 28.8 Å². The number of halogens is 1. The van der Waals surface area contributed by atoms with Crippen molar-refractivity contribution in [1.82, 2.24) is 5.01 Å². The van der Waals surface area contributed by atoms with Crippen molar-refractivity contribution in [2.75, 3.05) is 21.0 Å². The largest absolute Gasteiger partial charge is 0.493 e. The van der Waals surface area contributed by atoms with Crippen LogP contribution in [0.5, 0.6) is 28.7 Å². The third-order valence-electron chi connectivity index (χ3n) is 6.52. The van der Waals surface area contributed by atoms with E-state index in [9.17, 15) is 9.90 Å². The van der Waals surface area contributed by atoms with Gasteiger partial charge in [-0.25, -0.2) is 9.80 Å². The summed E-state index contributed by atoms with van der Waals surface area (Å²) in [6, 6.07) is 14.7. The van der Waals surface area contributed by atoms with E-state index in [2.05, 4.69) is 15.9 Å². The zero-order chi connectivity index (χ0) is 25.0. The minimum absolute atomic E-state index is 0.0344. The van der Waals surface area contributed by atoms with Crippen molar-refractivity contribution in [3.63, 3.8) is 0 Å². The molecule has 0 radical (unpaired) electrons. The molecule has 9 nitrogen and oxygen atoms in total. The number of nitrogens with zero attached hydrogens (tertiary/aromatic N) is 2. The lowest BCUT2D eigenvalue weighted by Crippen LogP contribution is -2.34. The molecular weight excluding hydrogens is 532 g/mol. The molecular formula is C26H21BrN2O7. The summed E-state index contributed by atoms with van der Waals surface area (Å²) >= 11 is 3.56. The number of methoxy groups -OCH3 is 2. The Morgan fingerprint density at radius 3 is 2.61 bits per heavy atom. The Balaban J connectivity index is 1.50. The average Bonchev–Trinajstić information content (AvgIpc) is 3.54. The van der Waals surface area contributed by atoms with Gasteiger partial charge in [-0.1, -0.05) is 15.9 Å². The standard InChI is InChI=1S/C26H21BrN2O7/c1-32-21-8-5-15(23(26(30)31)24(21)33-2)25-29-18(16-10-14(27)4-7-19(16)36-25)11-17(28-29)13-3-6-20-22(9-13)35-12-34-20/h3-10,18,25H,11-12H2,1-2H3,(H,30,31)/t18-,25+/m0/s1. The summed E-state index contributed by atoms with van der Waals surface area (Å²) < 4.78 is 29.1. The van der Waals surface area contributed by atoms with Crippen LogP contribution in [-0.4, -0.2) is 42.8 Å². The first-order valence-corrected chi connectivity index (χ1v) is 12.0. The van der Waals surface area contributed by atoms with Gasteiger partial charge in [-0.3, -0.25) is 0 Å². The quantitative estimate of drug-likeness (QED) is 0.464. The molecule has 1 N–H and O–H groups in total. The van der Waals surface area contributed by atoms with Crippen LogP contribution < -0.4 is 23.7 Å². The average molecular weight is 553 g/mol. The predicted octanol–water partition coefficient (Wildman–Crippen LogP) is 5.14. The van der Waals surface area contributed by atoms with Crippen molar-refractivity contribution in [2.45, 2.75) is 18.7 Å². The van der Waals surface area contributed by atoms with Gasteiger partial charge in [-0.2, -0.15) is 5.10 Å². The molecule has 0 spiro atoms. The molecule has 3 aliphatic rings.